The molecule has 1 aliphatic carbocycles. The fourth-order valence-corrected chi connectivity index (χ4v) is 5.00. The van der Waals surface area contributed by atoms with E-state index in [0.717, 1.165) is 12.8 Å². The molecule has 9 nitrogen and oxygen atoms in total. The summed E-state index contributed by atoms with van der Waals surface area (Å²) in [7, 11) is 0. The number of rotatable bonds is 6. The number of fused-ring (bicyclic) bond motifs is 1. The molecule has 3 heterocycles. The van der Waals surface area contributed by atoms with Crippen LogP contribution in [-0.4, -0.2) is 59.8 Å². The minimum Gasteiger partial charge on any atom is -0.394 e. The minimum absolute atomic E-state index is 0.105. The Morgan fingerprint density at radius 1 is 1.03 bits per heavy atom. The number of hydrogen-bond acceptors (Lipinski definition) is 8. The standard InChI is InChI=1S/C23H29N5O4/c29-11-16-19(30)20(31)23(32-16)28-13-26-18-21(24-12-25-22(18)28)27-17(14-7-3-1-4-8-14)15-9-5-2-6-10-15/h1,3-4,7-8,12-13,15-17,19-20,23,29-31H,2,5-6,9-11H2,(H,24,25,27). The zero-order valence-electron chi connectivity index (χ0n) is 17.8. The van der Waals surface area contributed by atoms with E-state index in [0.29, 0.717) is 22.9 Å². The quantitative estimate of drug-likeness (QED) is 0.460. The van der Waals surface area contributed by atoms with Gasteiger partial charge >= 0.3 is 0 Å². The Kier molecular flexibility index (Phi) is 6.05. The van der Waals surface area contributed by atoms with Crippen LogP contribution >= 0.6 is 0 Å². The second-order valence-corrected chi connectivity index (χ2v) is 8.71. The van der Waals surface area contributed by atoms with Gasteiger partial charge in [0.1, 0.15) is 24.6 Å². The predicted octanol–water partition coefficient (Wildman–Crippen LogP) is 2.17. The van der Waals surface area contributed by atoms with Gasteiger partial charge in [-0.15, -0.1) is 0 Å². The van der Waals surface area contributed by atoms with Gasteiger partial charge in [0.15, 0.2) is 23.2 Å². The summed E-state index contributed by atoms with van der Waals surface area (Å²) in [5, 5.41) is 33.6. The van der Waals surface area contributed by atoms with Crippen LogP contribution in [0.25, 0.3) is 11.2 Å². The number of ether oxygens (including phenoxy) is 1. The third-order valence-corrected chi connectivity index (χ3v) is 6.72. The van der Waals surface area contributed by atoms with E-state index in [4.69, 9.17) is 4.74 Å². The molecule has 5 rings (SSSR count). The van der Waals surface area contributed by atoms with E-state index < -0.39 is 24.5 Å². The molecule has 0 amide bonds. The van der Waals surface area contributed by atoms with Crippen molar-refractivity contribution in [3.8, 4) is 0 Å². The maximum Gasteiger partial charge on any atom is 0.167 e. The first kappa shape index (κ1) is 21.3. The molecule has 0 bridgehead atoms. The van der Waals surface area contributed by atoms with Gasteiger partial charge in [0, 0.05) is 0 Å². The summed E-state index contributed by atoms with van der Waals surface area (Å²) in [5.41, 5.74) is 2.28. The molecular weight excluding hydrogens is 410 g/mol. The molecule has 32 heavy (non-hydrogen) atoms. The normalized spacial score (nSPS) is 27.6. The highest BCUT2D eigenvalue weighted by atomic mass is 16.6. The fraction of sp³-hybridized carbons (Fsp3) is 0.522. The average molecular weight is 440 g/mol. The van der Waals surface area contributed by atoms with Gasteiger partial charge in [-0.2, -0.15) is 0 Å². The fourth-order valence-electron chi connectivity index (χ4n) is 5.00. The maximum atomic E-state index is 10.4. The SMILES string of the molecule is OCC1OC(n2cnc3c(NC(c4ccccc4)C4CCCCC4)ncnc32)C(O)C1O. The van der Waals surface area contributed by atoms with Crippen molar-refractivity contribution in [2.75, 3.05) is 11.9 Å². The number of aliphatic hydroxyl groups excluding tert-OH is 3. The van der Waals surface area contributed by atoms with E-state index in [-0.39, 0.29) is 12.6 Å². The van der Waals surface area contributed by atoms with Crippen molar-refractivity contribution in [2.24, 2.45) is 5.92 Å². The van der Waals surface area contributed by atoms with Gasteiger partial charge in [-0.05, 0) is 24.3 Å². The van der Waals surface area contributed by atoms with E-state index >= 15 is 0 Å². The summed E-state index contributed by atoms with van der Waals surface area (Å²) < 4.78 is 7.25. The average Bonchev–Trinajstić information content (AvgIpc) is 3.40. The van der Waals surface area contributed by atoms with Crippen LogP contribution in [-0.2, 0) is 4.74 Å². The van der Waals surface area contributed by atoms with Crippen molar-refractivity contribution in [3.05, 3.63) is 48.5 Å². The third kappa shape index (κ3) is 3.86. The summed E-state index contributed by atoms with van der Waals surface area (Å²) in [5.74, 6) is 1.12. The first-order chi connectivity index (χ1) is 15.7. The number of nitrogens with one attached hydrogen (secondary N) is 1. The van der Waals surface area contributed by atoms with Crippen LogP contribution in [0.15, 0.2) is 43.0 Å². The van der Waals surface area contributed by atoms with Gasteiger partial charge < -0.3 is 25.4 Å². The molecule has 2 aliphatic rings. The molecule has 1 saturated carbocycles. The highest BCUT2D eigenvalue weighted by Crippen LogP contribution is 2.38. The Morgan fingerprint density at radius 3 is 2.53 bits per heavy atom. The summed E-state index contributed by atoms with van der Waals surface area (Å²) >= 11 is 0. The molecule has 1 saturated heterocycles. The van der Waals surface area contributed by atoms with Crippen LogP contribution in [0.2, 0.25) is 0 Å². The summed E-state index contributed by atoms with van der Waals surface area (Å²) in [4.78, 5) is 13.4. The summed E-state index contributed by atoms with van der Waals surface area (Å²) in [6.45, 7) is -0.386. The van der Waals surface area contributed by atoms with Crippen LogP contribution in [0, 0.1) is 5.92 Å². The number of aromatic nitrogens is 4. The molecule has 9 heteroatoms. The highest BCUT2D eigenvalue weighted by molar-refractivity contribution is 5.83. The molecule has 0 radical (unpaired) electrons. The number of aliphatic hydroxyl groups is 3. The molecule has 170 valence electrons. The Labute approximate surface area is 186 Å². The van der Waals surface area contributed by atoms with Gasteiger partial charge in [-0.1, -0.05) is 49.6 Å². The van der Waals surface area contributed by atoms with Crippen LogP contribution < -0.4 is 5.32 Å². The number of anilines is 1. The van der Waals surface area contributed by atoms with Crippen molar-refractivity contribution in [1.29, 1.82) is 0 Å². The molecule has 1 aromatic carbocycles. The summed E-state index contributed by atoms with van der Waals surface area (Å²) in [6, 6.07) is 10.5. The monoisotopic (exact) mass is 439 g/mol. The van der Waals surface area contributed by atoms with Crippen molar-refractivity contribution in [3.63, 3.8) is 0 Å². The molecule has 2 fully saturated rings. The van der Waals surface area contributed by atoms with Crippen molar-refractivity contribution >= 4 is 17.0 Å². The van der Waals surface area contributed by atoms with Crippen LogP contribution in [0.4, 0.5) is 5.82 Å². The number of imidazole rings is 1. The van der Waals surface area contributed by atoms with Gasteiger partial charge in [0.2, 0.25) is 0 Å². The second kappa shape index (κ2) is 9.11. The summed E-state index contributed by atoms with van der Waals surface area (Å²) in [6.07, 6.45) is 4.93. The lowest BCUT2D eigenvalue weighted by atomic mass is 9.81. The van der Waals surface area contributed by atoms with E-state index in [9.17, 15) is 15.3 Å². The van der Waals surface area contributed by atoms with Crippen molar-refractivity contribution in [2.45, 2.75) is 62.7 Å². The smallest absolute Gasteiger partial charge is 0.167 e. The Hall–Kier alpha value is -2.59. The van der Waals surface area contributed by atoms with E-state index in [2.05, 4.69) is 44.5 Å². The van der Waals surface area contributed by atoms with Crippen molar-refractivity contribution < 1.29 is 20.1 Å². The van der Waals surface area contributed by atoms with Crippen LogP contribution in [0.5, 0.6) is 0 Å². The van der Waals surface area contributed by atoms with Crippen molar-refractivity contribution in [1.82, 2.24) is 19.5 Å². The number of nitrogens with zero attached hydrogens (tertiary/aromatic N) is 4. The van der Waals surface area contributed by atoms with Gasteiger partial charge in [-0.3, -0.25) is 4.57 Å². The first-order valence-corrected chi connectivity index (χ1v) is 11.3. The molecule has 0 spiro atoms. The van der Waals surface area contributed by atoms with Gasteiger partial charge in [0.25, 0.3) is 0 Å². The molecule has 4 N–H and O–H groups in total. The highest BCUT2D eigenvalue weighted by Gasteiger charge is 2.44. The van der Waals surface area contributed by atoms with E-state index in [1.165, 1.54) is 37.5 Å². The molecule has 3 aromatic rings. The topological polar surface area (TPSA) is 126 Å². The third-order valence-electron chi connectivity index (χ3n) is 6.72. The molecule has 5 atom stereocenters. The zero-order valence-corrected chi connectivity index (χ0v) is 17.8. The second-order valence-electron chi connectivity index (χ2n) is 8.71. The van der Waals surface area contributed by atoms with Gasteiger partial charge in [0.05, 0.1) is 19.0 Å². The first-order valence-electron chi connectivity index (χ1n) is 11.3. The van der Waals surface area contributed by atoms with Gasteiger partial charge in [-0.25, -0.2) is 15.0 Å². The molecular formula is C23H29N5O4. The Balaban J connectivity index is 1.48. The van der Waals surface area contributed by atoms with Crippen LogP contribution in [0.1, 0.15) is 49.9 Å². The zero-order chi connectivity index (χ0) is 22.1. The lowest BCUT2D eigenvalue weighted by Crippen LogP contribution is -2.33. The lowest BCUT2D eigenvalue weighted by Gasteiger charge is -2.31. The maximum absolute atomic E-state index is 10.4. The minimum atomic E-state index is -1.20. The Bertz CT molecular complexity index is 1040. The van der Waals surface area contributed by atoms with E-state index in [1.54, 1.807) is 4.57 Å². The Morgan fingerprint density at radius 2 is 1.81 bits per heavy atom. The molecule has 1 aliphatic heterocycles. The molecule has 2 aromatic heterocycles. The van der Waals surface area contributed by atoms with Crippen LogP contribution in [0.3, 0.4) is 0 Å². The largest absolute Gasteiger partial charge is 0.394 e. The number of hydrogen-bond donors (Lipinski definition) is 4. The molecule has 5 unspecified atom stereocenters. The predicted molar refractivity (Wildman–Crippen MR) is 118 cm³/mol. The van der Waals surface area contributed by atoms with E-state index in [1.807, 2.05) is 6.07 Å². The lowest BCUT2D eigenvalue weighted by molar-refractivity contribution is -0.0511. The number of benzene rings is 1.